The molecule has 0 amide bonds. The second kappa shape index (κ2) is 3.53. The number of hydrogen-bond donors (Lipinski definition) is 2. The number of nitrogens with zero attached hydrogens (tertiary/aromatic N) is 1. The lowest BCUT2D eigenvalue weighted by Crippen LogP contribution is -2.07. The number of benzene rings is 1. The van der Waals surface area contributed by atoms with Crippen LogP contribution in [0.2, 0.25) is 0 Å². The van der Waals surface area contributed by atoms with Gasteiger partial charge in [0.25, 0.3) is 0 Å². The van der Waals surface area contributed by atoms with E-state index in [0.29, 0.717) is 11.1 Å². The molecular weight excluding hydrogens is 199 g/mol. The normalized spacial score (nSPS) is 10.2. The van der Waals surface area contributed by atoms with Gasteiger partial charge in [0.2, 0.25) is 0 Å². The quantitative estimate of drug-likeness (QED) is 0.738. The van der Waals surface area contributed by atoms with E-state index in [1.54, 1.807) is 0 Å². The van der Waals surface area contributed by atoms with Crippen LogP contribution in [0.15, 0.2) is 35.4 Å². The lowest BCUT2D eigenvalue weighted by atomic mass is 10.1. The minimum atomic E-state index is -0.491. The van der Waals surface area contributed by atoms with Crippen LogP contribution in [0.1, 0.15) is 0 Å². The van der Waals surface area contributed by atoms with Crippen LogP contribution in [-0.4, -0.2) is 15.1 Å². The van der Waals surface area contributed by atoms with E-state index in [2.05, 4.69) is 9.97 Å². The van der Waals surface area contributed by atoms with Gasteiger partial charge in [0.1, 0.15) is 11.6 Å². The van der Waals surface area contributed by atoms with Crippen molar-refractivity contribution in [3.8, 4) is 16.9 Å². The summed E-state index contributed by atoms with van der Waals surface area (Å²) in [5.74, 6) is -0.528. The molecule has 76 valence electrons. The molecule has 0 atom stereocenters. The fraction of sp³-hybridized carbons (Fsp3) is 0. The van der Waals surface area contributed by atoms with Gasteiger partial charge < -0.3 is 10.1 Å². The number of halogens is 1. The van der Waals surface area contributed by atoms with Crippen LogP contribution in [0, 0.1) is 5.82 Å². The lowest BCUT2D eigenvalue weighted by molar-refractivity contribution is 0.475. The second-order valence-corrected chi connectivity index (χ2v) is 2.97. The molecule has 1 heterocycles. The molecule has 0 unspecified atom stereocenters. The summed E-state index contributed by atoms with van der Waals surface area (Å²) in [5.41, 5.74) is 0.250. The van der Waals surface area contributed by atoms with Crippen molar-refractivity contribution in [2.24, 2.45) is 0 Å². The highest BCUT2D eigenvalue weighted by Crippen LogP contribution is 2.27. The summed E-state index contributed by atoms with van der Waals surface area (Å²) in [6.45, 7) is 0. The minimum Gasteiger partial charge on any atom is -0.507 e. The molecule has 4 nitrogen and oxygen atoms in total. The summed E-state index contributed by atoms with van der Waals surface area (Å²) < 4.78 is 12.9. The maximum absolute atomic E-state index is 12.9. The third-order valence-corrected chi connectivity index (χ3v) is 1.94. The Morgan fingerprint density at radius 1 is 1.40 bits per heavy atom. The van der Waals surface area contributed by atoms with Crippen LogP contribution in [0.25, 0.3) is 11.1 Å². The van der Waals surface area contributed by atoms with E-state index >= 15 is 0 Å². The molecule has 0 spiro atoms. The van der Waals surface area contributed by atoms with E-state index in [1.807, 2.05) is 0 Å². The standard InChI is InChI=1S/C10H7FN2O2/c11-7-1-2-9(14)8(3-7)6-4-12-10(15)13-5-6/h1-5,14H,(H,12,13,15). The third-order valence-electron chi connectivity index (χ3n) is 1.94. The zero-order valence-electron chi connectivity index (χ0n) is 7.57. The first kappa shape index (κ1) is 9.39. The largest absolute Gasteiger partial charge is 0.507 e. The summed E-state index contributed by atoms with van der Waals surface area (Å²) in [4.78, 5) is 16.5. The van der Waals surface area contributed by atoms with Crippen molar-refractivity contribution in [3.63, 3.8) is 0 Å². The average Bonchev–Trinajstić information content (AvgIpc) is 2.23. The monoisotopic (exact) mass is 206 g/mol. The molecule has 0 saturated carbocycles. The zero-order valence-corrected chi connectivity index (χ0v) is 7.57. The molecule has 1 aromatic heterocycles. The van der Waals surface area contributed by atoms with Crippen LogP contribution < -0.4 is 5.69 Å². The van der Waals surface area contributed by atoms with E-state index < -0.39 is 11.5 Å². The SMILES string of the molecule is O=c1ncc(-c2cc(F)ccc2O)c[nH]1. The van der Waals surface area contributed by atoms with Crippen molar-refractivity contribution in [1.82, 2.24) is 9.97 Å². The Kier molecular flexibility index (Phi) is 2.21. The van der Waals surface area contributed by atoms with Crippen molar-refractivity contribution < 1.29 is 9.50 Å². The second-order valence-electron chi connectivity index (χ2n) is 2.97. The van der Waals surface area contributed by atoms with Crippen molar-refractivity contribution in [2.45, 2.75) is 0 Å². The van der Waals surface area contributed by atoms with E-state index in [0.717, 1.165) is 6.07 Å². The number of H-pyrrole nitrogens is 1. The molecule has 2 N–H and O–H groups in total. The number of phenolic OH excluding ortho intramolecular Hbond substituents is 1. The Bertz CT molecular complexity index is 531. The Labute approximate surface area is 84.0 Å². The van der Waals surface area contributed by atoms with Crippen LogP contribution in [0.4, 0.5) is 4.39 Å². The summed E-state index contributed by atoms with van der Waals surface area (Å²) in [7, 11) is 0. The summed E-state index contributed by atoms with van der Waals surface area (Å²) in [6, 6.07) is 3.57. The number of phenols is 1. The van der Waals surface area contributed by atoms with Crippen LogP contribution in [0.5, 0.6) is 5.75 Å². The van der Waals surface area contributed by atoms with Gasteiger partial charge in [-0.3, -0.25) is 0 Å². The van der Waals surface area contributed by atoms with Gasteiger partial charge in [-0.15, -0.1) is 0 Å². The summed E-state index contributed by atoms with van der Waals surface area (Å²) in [5, 5.41) is 9.47. The molecule has 2 rings (SSSR count). The van der Waals surface area contributed by atoms with Gasteiger partial charge in [0.15, 0.2) is 0 Å². The molecule has 0 radical (unpaired) electrons. The summed E-state index contributed by atoms with van der Waals surface area (Å²) in [6.07, 6.45) is 2.64. The molecule has 2 aromatic rings. The van der Waals surface area contributed by atoms with Gasteiger partial charge in [0.05, 0.1) is 0 Å². The van der Waals surface area contributed by atoms with Crippen molar-refractivity contribution in [2.75, 3.05) is 0 Å². The topological polar surface area (TPSA) is 66.0 Å². The molecule has 0 saturated heterocycles. The van der Waals surface area contributed by atoms with Gasteiger partial charge in [-0.05, 0) is 18.2 Å². The first-order valence-electron chi connectivity index (χ1n) is 4.20. The molecule has 0 aliphatic heterocycles. The lowest BCUT2D eigenvalue weighted by Gasteiger charge is -2.03. The number of aromatic amines is 1. The van der Waals surface area contributed by atoms with E-state index in [-0.39, 0.29) is 5.75 Å². The van der Waals surface area contributed by atoms with Crippen molar-refractivity contribution in [3.05, 3.63) is 46.9 Å². The van der Waals surface area contributed by atoms with Crippen LogP contribution in [0.3, 0.4) is 0 Å². The average molecular weight is 206 g/mol. The Balaban J connectivity index is 2.58. The van der Waals surface area contributed by atoms with E-state index in [1.165, 1.54) is 24.5 Å². The molecule has 1 aromatic carbocycles. The van der Waals surface area contributed by atoms with Gasteiger partial charge >= 0.3 is 5.69 Å². The smallest absolute Gasteiger partial charge is 0.344 e. The van der Waals surface area contributed by atoms with Gasteiger partial charge in [-0.25, -0.2) is 14.2 Å². The molecule has 0 aliphatic rings. The Morgan fingerprint density at radius 2 is 2.20 bits per heavy atom. The predicted molar refractivity (Wildman–Crippen MR) is 51.9 cm³/mol. The fourth-order valence-electron chi connectivity index (χ4n) is 1.23. The van der Waals surface area contributed by atoms with Gasteiger partial charge in [-0.1, -0.05) is 0 Å². The first-order chi connectivity index (χ1) is 7.16. The highest BCUT2D eigenvalue weighted by Gasteiger charge is 2.05. The number of aromatic hydroxyl groups is 1. The molecule has 15 heavy (non-hydrogen) atoms. The Hall–Kier alpha value is -2.17. The van der Waals surface area contributed by atoms with E-state index in [9.17, 15) is 14.3 Å². The molecule has 0 bridgehead atoms. The van der Waals surface area contributed by atoms with Gasteiger partial charge in [-0.2, -0.15) is 0 Å². The van der Waals surface area contributed by atoms with Crippen LogP contribution in [-0.2, 0) is 0 Å². The molecular formula is C10H7FN2O2. The number of nitrogens with one attached hydrogen (secondary N) is 1. The first-order valence-corrected chi connectivity index (χ1v) is 4.20. The maximum Gasteiger partial charge on any atom is 0.344 e. The minimum absolute atomic E-state index is 0.0646. The third kappa shape index (κ3) is 1.85. The van der Waals surface area contributed by atoms with Gasteiger partial charge in [0, 0.05) is 23.5 Å². The maximum atomic E-state index is 12.9. The highest BCUT2D eigenvalue weighted by molar-refractivity contribution is 5.68. The van der Waals surface area contributed by atoms with Crippen molar-refractivity contribution in [1.29, 1.82) is 0 Å². The molecule has 5 heteroatoms. The number of rotatable bonds is 1. The molecule has 0 aliphatic carbocycles. The van der Waals surface area contributed by atoms with Crippen LogP contribution >= 0.6 is 0 Å². The van der Waals surface area contributed by atoms with Crippen molar-refractivity contribution >= 4 is 0 Å². The predicted octanol–water partition coefficient (Wildman–Crippen LogP) is 1.28. The van der Waals surface area contributed by atoms with E-state index in [4.69, 9.17) is 0 Å². The highest BCUT2D eigenvalue weighted by atomic mass is 19.1. The number of hydrogen-bond acceptors (Lipinski definition) is 3. The Morgan fingerprint density at radius 3 is 2.87 bits per heavy atom. The zero-order chi connectivity index (χ0) is 10.8. The molecule has 0 fully saturated rings. The number of aromatic nitrogens is 2. The fourth-order valence-corrected chi connectivity index (χ4v) is 1.23. The summed E-state index contributed by atoms with van der Waals surface area (Å²) >= 11 is 0.